The SMILES string of the molecule is CCC(CC)=C(c1ccc(Cl)cc1)c1ccccn1. The van der Waals surface area contributed by atoms with Gasteiger partial charge < -0.3 is 0 Å². The van der Waals surface area contributed by atoms with Crippen LogP contribution in [0.2, 0.25) is 5.02 Å². The van der Waals surface area contributed by atoms with Gasteiger partial charge in [0.2, 0.25) is 0 Å². The molecule has 98 valence electrons. The lowest BCUT2D eigenvalue weighted by molar-refractivity contribution is 0.978. The fourth-order valence-corrected chi connectivity index (χ4v) is 2.39. The zero-order chi connectivity index (χ0) is 13.7. The van der Waals surface area contributed by atoms with Crippen LogP contribution in [-0.4, -0.2) is 4.98 Å². The summed E-state index contributed by atoms with van der Waals surface area (Å²) in [5, 5.41) is 0.763. The van der Waals surface area contributed by atoms with Crippen LogP contribution in [0.25, 0.3) is 5.57 Å². The molecule has 0 aliphatic rings. The maximum atomic E-state index is 5.98. The molecule has 1 aromatic carbocycles. The van der Waals surface area contributed by atoms with E-state index in [1.807, 2.05) is 30.5 Å². The van der Waals surface area contributed by atoms with Gasteiger partial charge in [0.15, 0.2) is 0 Å². The summed E-state index contributed by atoms with van der Waals surface area (Å²) in [6, 6.07) is 14.0. The molecule has 0 N–H and O–H groups in total. The Labute approximate surface area is 120 Å². The zero-order valence-corrected chi connectivity index (χ0v) is 12.1. The molecule has 0 atom stereocenters. The normalized spacial score (nSPS) is 10.3. The van der Waals surface area contributed by atoms with Crippen LogP contribution in [0, 0.1) is 0 Å². The first-order valence-electron chi connectivity index (χ1n) is 6.65. The third kappa shape index (κ3) is 3.24. The van der Waals surface area contributed by atoms with Gasteiger partial charge >= 0.3 is 0 Å². The first-order chi connectivity index (χ1) is 9.26. The number of nitrogens with zero attached hydrogens (tertiary/aromatic N) is 1. The minimum atomic E-state index is 0.763. The molecule has 0 amide bonds. The molecule has 19 heavy (non-hydrogen) atoms. The highest BCUT2D eigenvalue weighted by Crippen LogP contribution is 2.29. The van der Waals surface area contributed by atoms with Crippen molar-refractivity contribution < 1.29 is 0 Å². The number of hydrogen-bond donors (Lipinski definition) is 0. The van der Waals surface area contributed by atoms with E-state index in [9.17, 15) is 0 Å². The summed E-state index contributed by atoms with van der Waals surface area (Å²) >= 11 is 5.98. The lowest BCUT2D eigenvalue weighted by Gasteiger charge is -2.13. The maximum Gasteiger partial charge on any atom is 0.0707 e. The highest BCUT2D eigenvalue weighted by Gasteiger charge is 2.10. The summed E-state index contributed by atoms with van der Waals surface area (Å²) in [4.78, 5) is 4.50. The summed E-state index contributed by atoms with van der Waals surface area (Å²) in [5.74, 6) is 0. The molecule has 1 nitrogen and oxygen atoms in total. The Morgan fingerprint density at radius 3 is 2.21 bits per heavy atom. The van der Waals surface area contributed by atoms with Gasteiger partial charge in [0.05, 0.1) is 5.69 Å². The molecular formula is C17H18ClN. The van der Waals surface area contributed by atoms with Gasteiger partial charge in [-0.2, -0.15) is 0 Å². The van der Waals surface area contributed by atoms with Gasteiger partial charge in [-0.3, -0.25) is 4.98 Å². The standard InChI is InChI=1S/C17H18ClN/c1-3-13(4-2)17(16-7-5-6-12-19-16)14-8-10-15(18)11-9-14/h5-12H,3-4H2,1-2H3. The van der Waals surface area contributed by atoms with Gasteiger partial charge in [-0.1, -0.05) is 49.2 Å². The minimum Gasteiger partial charge on any atom is -0.256 e. The lowest BCUT2D eigenvalue weighted by atomic mass is 9.93. The number of aromatic nitrogens is 1. The van der Waals surface area contributed by atoms with Crippen LogP contribution in [0.5, 0.6) is 0 Å². The Bertz CT molecular complexity index is 550. The molecule has 0 aliphatic heterocycles. The van der Waals surface area contributed by atoms with E-state index in [1.165, 1.54) is 16.7 Å². The van der Waals surface area contributed by atoms with Crippen molar-refractivity contribution in [3.05, 3.63) is 70.5 Å². The number of allylic oxidation sites excluding steroid dienone is 1. The second-order valence-electron chi connectivity index (χ2n) is 4.41. The van der Waals surface area contributed by atoms with Crippen LogP contribution in [0.4, 0.5) is 0 Å². The van der Waals surface area contributed by atoms with Crippen LogP contribution < -0.4 is 0 Å². The van der Waals surface area contributed by atoms with E-state index in [2.05, 4.69) is 37.0 Å². The van der Waals surface area contributed by atoms with Gasteiger partial charge in [0, 0.05) is 16.8 Å². The third-order valence-corrected chi connectivity index (χ3v) is 3.51. The molecule has 1 aromatic heterocycles. The molecule has 0 fully saturated rings. The van der Waals surface area contributed by atoms with E-state index in [1.54, 1.807) is 0 Å². The van der Waals surface area contributed by atoms with Crippen LogP contribution in [0.1, 0.15) is 37.9 Å². The molecule has 2 heteroatoms. The zero-order valence-electron chi connectivity index (χ0n) is 11.4. The van der Waals surface area contributed by atoms with Gasteiger partial charge in [0.25, 0.3) is 0 Å². The van der Waals surface area contributed by atoms with Gasteiger partial charge in [-0.05, 0) is 42.7 Å². The van der Waals surface area contributed by atoms with Crippen molar-refractivity contribution in [2.24, 2.45) is 0 Å². The van der Waals surface area contributed by atoms with Crippen LogP contribution in [-0.2, 0) is 0 Å². The number of pyridine rings is 1. The molecule has 0 unspecified atom stereocenters. The monoisotopic (exact) mass is 271 g/mol. The first kappa shape index (κ1) is 13.8. The average Bonchev–Trinajstić information content (AvgIpc) is 2.47. The van der Waals surface area contributed by atoms with E-state index in [0.29, 0.717) is 0 Å². The quantitative estimate of drug-likeness (QED) is 0.730. The maximum absolute atomic E-state index is 5.98. The van der Waals surface area contributed by atoms with Gasteiger partial charge in [-0.15, -0.1) is 0 Å². The van der Waals surface area contributed by atoms with Crippen LogP contribution in [0.3, 0.4) is 0 Å². The van der Waals surface area contributed by atoms with Crippen molar-refractivity contribution in [2.45, 2.75) is 26.7 Å². The molecule has 0 radical (unpaired) electrons. The largest absolute Gasteiger partial charge is 0.256 e. The molecule has 0 aliphatic carbocycles. The highest BCUT2D eigenvalue weighted by atomic mass is 35.5. The Balaban J connectivity index is 2.59. The summed E-state index contributed by atoms with van der Waals surface area (Å²) in [5.41, 5.74) is 4.87. The number of benzene rings is 1. The second kappa shape index (κ2) is 6.53. The van der Waals surface area contributed by atoms with Crippen molar-refractivity contribution in [1.29, 1.82) is 0 Å². The highest BCUT2D eigenvalue weighted by molar-refractivity contribution is 6.30. The van der Waals surface area contributed by atoms with Crippen LogP contribution >= 0.6 is 11.6 Å². The van der Waals surface area contributed by atoms with E-state index in [0.717, 1.165) is 23.6 Å². The van der Waals surface area contributed by atoms with Crippen molar-refractivity contribution in [2.75, 3.05) is 0 Å². The van der Waals surface area contributed by atoms with Crippen molar-refractivity contribution in [3.63, 3.8) is 0 Å². The molecule has 0 spiro atoms. The topological polar surface area (TPSA) is 12.9 Å². The lowest BCUT2D eigenvalue weighted by Crippen LogP contribution is -1.96. The van der Waals surface area contributed by atoms with Crippen molar-refractivity contribution in [1.82, 2.24) is 4.98 Å². The molecule has 1 heterocycles. The summed E-state index contributed by atoms with van der Waals surface area (Å²) in [7, 11) is 0. The predicted molar refractivity (Wildman–Crippen MR) is 82.3 cm³/mol. The Hall–Kier alpha value is -1.60. The van der Waals surface area contributed by atoms with E-state index in [4.69, 9.17) is 11.6 Å². The van der Waals surface area contributed by atoms with E-state index in [-0.39, 0.29) is 0 Å². The van der Waals surface area contributed by atoms with Crippen LogP contribution in [0.15, 0.2) is 54.2 Å². The second-order valence-corrected chi connectivity index (χ2v) is 4.84. The predicted octanol–water partition coefficient (Wildman–Crippen LogP) is 5.36. The van der Waals surface area contributed by atoms with E-state index < -0.39 is 0 Å². The van der Waals surface area contributed by atoms with Gasteiger partial charge in [0.1, 0.15) is 0 Å². The number of rotatable bonds is 4. The third-order valence-electron chi connectivity index (χ3n) is 3.26. The Morgan fingerprint density at radius 1 is 1.00 bits per heavy atom. The molecule has 0 bridgehead atoms. The van der Waals surface area contributed by atoms with Crippen molar-refractivity contribution >= 4 is 17.2 Å². The Kier molecular flexibility index (Phi) is 4.75. The molecule has 0 saturated heterocycles. The molecule has 2 aromatic rings. The van der Waals surface area contributed by atoms with Gasteiger partial charge in [-0.25, -0.2) is 0 Å². The fourth-order valence-electron chi connectivity index (χ4n) is 2.26. The molecule has 0 saturated carbocycles. The minimum absolute atomic E-state index is 0.763. The summed E-state index contributed by atoms with van der Waals surface area (Å²) < 4.78 is 0. The molecular weight excluding hydrogens is 254 g/mol. The summed E-state index contributed by atoms with van der Waals surface area (Å²) in [6.07, 6.45) is 3.91. The van der Waals surface area contributed by atoms with Crippen molar-refractivity contribution in [3.8, 4) is 0 Å². The summed E-state index contributed by atoms with van der Waals surface area (Å²) in [6.45, 7) is 4.38. The molecule has 2 rings (SSSR count). The number of hydrogen-bond acceptors (Lipinski definition) is 1. The smallest absolute Gasteiger partial charge is 0.0707 e. The first-order valence-corrected chi connectivity index (χ1v) is 7.03. The Morgan fingerprint density at radius 2 is 1.68 bits per heavy atom. The number of halogens is 1. The van der Waals surface area contributed by atoms with E-state index >= 15 is 0 Å². The average molecular weight is 272 g/mol. The fraction of sp³-hybridized carbons (Fsp3) is 0.235.